The smallest absolute Gasteiger partial charge is 0.271 e. The summed E-state index contributed by atoms with van der Waals surface area (Å²) in [7, 11) is 0. The summed E-state index contributed by atoms with van der Waals surface area (Å²) in [6.45, 7) is 0.246. The van der Waals surface area contributed by atoms with Gasteiger partial charge in [0, 0.05) is 19.2 Å². The number of nitrogens with one attached hydrogen (secondary N) is 2. The van der Waals surface area contributed by atoms with E-state index in [0.717, 1.165) is 12.2 Å². The Hall–Kier alpha value is -2.72. The number of carbonyl (C=O) groups is 1. The molecule has 0 saturated heterocycles. The number of aliphatic hydroxyl groups excluding tert-OH is 1. The predicted octanol–water partition coefficient (Wildman–Crippen LogP) is -0.0939. The van der Waals surface area contributed by atoms with Gasteiger partial charge in [-0.3, -0.25) is 9.89 Å². The highest BCUT2D eigenvalue weighted by Gasteiger charge is 2.10. The molecule has 0 saturated carbocycles. The number of aryl methyl sites for hydroxylation is 1. The van der Waals surface area contributed by atoms with Gasteiger partial charge in [-0.15, -0.1) is 0 Å². The van der Waals surface area contributed by atoms with Crippen LogP contribution >= 0.6 is 0 Å². The number of H-pyrrole nitrogens is 1. The van der Waals surface area contributed by atoms with Crippen molar-refractivity contribution >= 4 is 5.91 Å². The summed E-state index contributed by atoms with van der Waals surface area (Å²) in [6, 6.07) is 3.39. The lowest BCUT2D eigenvalue weighted by atomic mass is 10.2. The van der Waals surface area contributed by atoms with Crippen molar-refractivity contribution in [1.29, 1.82) is 0 Å². The van der Waals surface area contributed by atoms with Crippen LogP contribution in [0.25, 0.3) is 0 Å². The summed E-state index contributed by atoms with van der Waals surface area (Å²) in [6.07, 6.45) is 4.44. The van der Waals surface area contributed by atoms with Crippen LogP contribution in [0.15, 0.2) is 24.7 Å². The number of aliphatic hydroxyl groups is 1. The molecule has 0 unspecified atom stereocenters. The number of hydrogen-bond acceptors (Lipinski definition) is 5. The Morgan fingerprint density at radius 3 is 3.10 bits per heavy atom. The molecule has 0 radical (unpaired) electrons. The quantitative estimate of drug-likeness (QED) is 0.526. The van der Waals surface area contributed by atoms with Gasteiger partial charge in [-0.05, 0) is 18.6 Å². The van der Waals surface area contributed by atoms with Gasteiger partial charge < -0.3 is 10.4 Å². The molecule has 0 aliphatic carbocycles. The molecule has 0 fully saturated rings. The number of aromatic nitrogens is 4. The predicted molar refractivity (Wildman–Crippen MR) is 75.2 cm³/mol. The van der Waals surface area contributed by atoms with Crippen molar-refractivity contribution in [2.24, 2.45) is 0 Å². The maximum Gasteiger partial charge on any atom is 0.271 e. The van der Waals surface area contributed by atoms with Crippen LogP contribution in [0.2, 0.25) is 0 Å². The highest BCUT2D eigenvalue weighted by Crippen LogP contribution is 2.03. The lowest BCUT2D eigenvalue weighted by Crippen LogP contribution is -2.26. The first-order chi connectivity index (χ1) is 10.3. The topological polar surface area (TPSA) is 104 Å². The Kier molecular flexibility index (Phi) is 5.43. The summed E-state index contributed by atoms with van der Waals surface area (Å²) >= 11 is 0. The highest BCUT2D eigenvalue weighted by atomic mass is 16.2. The van der Waals surface area contributed by atoms with Crippen molar-refractivity contribution in [3.8, 4) is 11.8 Å². The lowest BCUT2D eigenvalue weighted by Gasteiger charge is -2.05. The minimum Gasteiger partial charge on any atom is -0.384 e. The van der Waals surface area contributed by atoms with E-state index in [1.54, 1.807) is 12.1 Å². The number of rotatable bonds is 5. The molecule has 7 heteroatoms. The first-order valence-corrected chi connectivity index (χ1v) is 6.48. The fraction of sp³-hybridized carbons (Fsp3) is 0.286. The second-order valence-corrected chi connectivity index (χ2v) is 4.15. The molecule has 0 aliphatic rings. The molecule has 0 atom stereocenters. The van der Waals surface area contributed by atoms with Gasteiger partial charge in [-0.25, -0.2) is 9.97 Å². The number of hydrogen-bond donors (Lipinski definition) is 3. The highest BCUT2D eigenvalue weighted by molar-refractivity contribution is 5.94. The largest absolute Gasteiger partial charge is 0.384 e. The van der Waals surface area contributed by atoms with Crippen molar-refractivity contribution in [2.75, 3.05) is 13.2 Å². The van der Waals surface area contributed by atoms with Gasteiger partial charge in [-0.1, -0.05) is 11.8 Å². The average Bonchev–Trinajstić information content (AvgIpc) is 3.03. The average molecular weight is 285 g/mol. The molecule has 0 aliphatic heterocycles. The first kappa shape index (κ1) is 14.7. The van der Waals surface area contributed by atoms with E-state index in [4.69, 9.17) is 5.11 Å². The number of aromatic amines is 1. The van der Waals surface area contributed by atoms with E-state index in [0.29, 0.717) is 18.5 Å². The third kappa shape index (κ3) is 4.40. The number of amides is 1. The number of pyridine rings is 1. The van der Waals surface area contributed by atoms with Crippen LogP contribution in [-0.4, -0.2) is 44.3 Å². The van der Waals surface area contributed by atoms with Crippen LogP contribution in [-0.2, 0) is 6.42 Å². The number of carbonyl (C=O) groups excluding carboxylic acids is 1. The minimum absolute atomic E-state index is 0.257. The first-order valence-electron chi connectivity index (χ1n) is 6.48. The SMILES string of the molecule is O=C(NCCCc1ncn[nH]1)c1ncccc1C#CCO. The van der Waals surface area contributed by atoms with Gasteiger partial charge in [0.05, 0.1) is 5.56 Å². The van der Waals surface area contributed by atoms with Gasteiger partial charge in [0.2, 0.25) is 0 Å². The van der Waals surface area contributed by atoms with E-state index in [1.807, 2.05) is 0 Å². The van der Waals surface area contributed by atoms with Crippen LogP contribution in [0.5, 0.6) is 0 Å². The van der Waals surface area contributed by atoms with E-state index in [-0.39, 0.29) is 18.2 Å². The molecule has 2 heterocycles. The zero-order valence-electron chi connectivity index (χ0n) is 11.3. The lowest BCUT2D eigenvalue weighted by molar-refractivity contribution is 0.0948. The minimum atomic E-state index is -0.282. The fourth-order valence-corrected chi connectivity index (χ4v) is 1.71. The molecule has 2 rings (SSSR count). The van der Waals surface area contributed by atoms with Crippen LogP contribution in [0.3, 0.4) is 0 Å². The van der Waals surface area contributed by atoms with Crippen LogP contribution < -0.4 is 5.32 Å². The van der Waals surface area contributed by atoms with E-state index in [9.17, 15) is 4.79 Å². The second kappa shape index (κ2) is 7.77. The standard InChI is InChI=1S/C14H15N5O2/c20-9-3-5-11-4-1-7-15-13(11)14(21)16-8-2-6-12-17-10-18-19-12/h1,4,7,10,20H,2,6,8-9H2,(H,16,21)(H,17,18,19). The Labute approximate surface area is 121 Å². The normalized spacial score (nSPS) is 9.76. The molecule has 7 nitrogen and oxygen atoms in total. The van der Waals surface area contributed by atoms with Crippen LogP contribution in [0.1, 0.15) is 28.3 Å². The zero-order valence-corrected chi connectivity index (χ0v) is 11.3. The van der Waals surface area contributed by atoms with Gasteiger partial charge in [0.1, 0.15) is 24.5 Å². The molecule has 0 bridgehead atoms. The summed E-state index contributed by atoms with van der Waals surface area (Å²) in [4.78, 5) is 20.1. The molecular formula is C14H15N5O2. The molecule has 0 spiro atoms. The van der Waals surface area contributed by atoms with E-state index >= 15 is 0 Å². The van der Waals surface area contributed by atoms with Gasteiger partial charge in [0.25, 0.3) is 5.91 Å². The summed E-state index contributed by atoms with van der Waals surface area (Å²) in [5.41, 5.74) is 0.761. The maximum atomic E-state index is 12.1. The molecular weight excluding hydrogens is 270 g/mol. The molecule has 2 aromatic heterocycles. The van der Waals surface area contributed by atoms with Crippen molar-refractivity contribution in [3.63, 3.8) is 0 Å². The third-order valence-electron chi connectivity index (χ3n) is 2.67. The van der Waals surface area contributed by atoms with E-state index in [2.05, 4.69) is 37.3 Å². The van der Waals surface area contributed by atoms with Crippen LogP contribution in [0.4, 0.5) is 0 Å². The Bertz CT molecular complexity index is 643. The van der Waals surface area contributed by atoms with Crippen LogP contribution in [0, 0.1) is 11.8 Å². The van der Waals surface area contributed by atoms with Crippen molar-refractivity contribution in [3.05, 3.63) is 41.7 Å². The van der Waals surface area contributed by atoms with Crippen molar-refractivity contribution < 1.29 is 9.90 Å². The zero-order chi connectivity index (χ0) is 14.9. The van der Waals surface area contributed by atoms with E-state index < -0.39 is 0 Å². The molecule has 21 heavy (non-hydrogen) atoms. The molecule has 2 aromatic rings. The monoisotopic (exact) mass is 285 g/mol. The Morgan fingerprint density at radius 2 is 2.33 bits per heavy atom. The summed E-state index contributed by atoms with van der Waals surface area (Å²) in [5.74, 6) is 5.73. The maximum absolute atomic E-state index is 12.1. The van der Waals surface area contributed by atoms with Crippen molar-refractivity contribution in [2.45, 2.75) is 12.8 Å². The van der Waals surface area contributed by atoms with Crippen molar-refractivity contribution in [1.82, 2.24) is 25.5 Å². The van der Waals surface area contributed by atoms with Gasteiger partial charge >= 0.3 is 0 Å². The molecule has 0 aromatic carbocycles. The summed E-state index contributed by atoms with van der Waals surface area (Å²) < 4.78 is 0. The molecule has 108 valence electrons. The summed E-state index contributed by atoms with van der Waals surface area (Å²) in [5, 5.41) is 18.0. The second-order valence-electron chi connectivity index (χ2n) is 4.15. The van der Waals surface area contributed by atoms with Gasteiger partial charge in [-0.2, -0.15) is 5.10 Å². The Morgan fingerprint density at radius 1 is 1.43 bits per heavy atom. The van der Waals surface area contributed by atoms with E-state index in [1.165, 1.54) is 12.5 Å². The fourth-order valence-electron chi connectivity index (χ4n) is 1.71. The molecule has 1 amide bonds. The van der Waals surface area contributed by atoms with Gasteiger partial charge in [0.15, 0.2) is 0 Å². The Balaban J connectivity index is 1.88. The third-order valence-corrected chi connectivity index (χ3v) is 2.67. The number of nitrogens with zero attached hydrogens (tertiary/aromatic N) is 3. The molecule has 3 N–H and O–H groups in total.